The highest BCUT2D eigenvalue weighted by atomic mass is 32.1. The Bertz CT molecular complexity index is 1030. The normalized spacial score (nSPS) is 17.5. The van der Waals surface area contributed by atoms with Crippen molar-refractivity contribution in [2.45, 2.75) is 39.8 Å². The number of thiophene rings is 1. The summed E-state index contributed by atoms with van der Waals surface area (Å²) in [7, 11) is 0. The summed E-state index contributed by atoms with van der Waals surface area (Å²) in [6.07, 6.45) is 0. The molecule has 0 unspecified atom stereocenters. The Kier molecular flexibility index (Phi) is 4.66. The van der Waals surface area contributed by atoms with Gasteiger partial charge in [-0.1, -0.05) is 29.8 Å². The van der Waals surface area contributed by atoms with Crippen molar-refractivity contribution in [2.75, 3.05) is 19.7 Å². The van der Waals surface area contributed by atoms with E-state index in [-0.39, 0.29) is 11.2 Å². The molecule has 0 bridgehead atoms. The maximum atomic E-state index is 12.9. The molecule has 1 saturated heterocycles. The number of fused-ring (bicyclic) bond motifs is 1. The molecule has 0 radical (unpaired) electrons. The second-order valence-electron chi connectivity index (χ2n) is 7.91. The lowest BCUT2D eigenvalue weighted by molar-refractivity contribution is -0.0887. The highest BCUT2D eigenvalue weighted by Gasteiger charge is 2.27. The molecule has 0 amide bonds. The Balaban J connectivity index is 1.71. The number of benzene rings is 1. The highest BCUT2D eigenvalue weighted by Crippen LogP contribution is 2.35. The topological polar surface area (TPSA) is 58.2 Å². The monoisotopic (exact) mass is 383 g/mol. The summed E-state index contributed by atoms with van der Waals surface area (Å²) in [5, 5.41) is 0.701. The number of nitrogens with zero attached hydrogens (tertiary/aromatic N) is 2. The molecule has 3 heterocycles. The summed E-state index contributed by atoms with van der Waals surface area (Å²) in [6, 6.07) is 8.31. The third-order valence-electron chi connectivity index (χ3n) is 5.01. The molecule has 2 aromatic heterocycles. The molecule has 6 heteroatoms. The number of H-pyrrole nitrogens is 1. The van der Waals surface area contributed by atoms with Gasteiger partial charge in [0.05, 0.1) is 24.1 Å². The zero-order valence-corrected chi connectivity index (χ0v) is 17.1. The van der Waals surface area contributed by atoms with Gasteiger partial charge in [0.25, 0.3) is 5.56 Å². The molecule has 0 saturated carbocycles. The molecule has 0 aliphatic carbocycles. The van der Waals surface area contributed by atoms with Crippen molar-refractivity contribution in [3.63, 3.8) is 0 Å². The third kappa shape index (κ3) is 3.70. The number of aromatic nitrogens is 2. The number of rotatable bonds is 3. The lowest BCUT2D eigenvalue weighted by atomic mass is 10.0. The van der Waals surface area contributed by atoms with Gasteiger partial charge in [0.15, 0.2) is 0 Å². The average molecular weight is 384 g/mol. The fraction of sp³-hybridized carbons (Fsp3) is 0.429. The molecule has 4 rings (SSSR count). The Morgan fingerprint density at radius 2 is 2.00 bits per heavy atom. The van der Waals surface area contributed by atoms with Crippen molar-refractivity contribution in [1.29, 1.82) is 0 Å². The maximum absolute atomic E-state index is 12.9. The summed E-state index contributed by atoms with van der Waals surface area (Å²) in [5.41, 5.74) is 3.06. The van der Waals surface area contributed by atoms with Crippen molar-refractivity contribution in [3.8, 4) is 11.1 Å². The number of aromatic amines is 1. The van der Waals surface area contributed by atoms with Gasteiger partial charge in [-0.2, -0.15) is 0 Å². The zero-order valence-electron chi connectivity index (χ0n) is 16.3. The number of nitrogens with one attached hydrogen (secondary N) is 1. The minimum Gasteiger partial charge on any atom is -0.373 e. The van der Waals surface area contributed by atoms with Gasteiger partial charge in [-0.3, -0.25) is 9.69 Å². The first-order chi connectivity index (χ1) is 12.8. The van der Waals surface area contributed by atoms with E-state index in [1.54, 1.807) is 11.3 Å². The van der Waals surface area contributed by atoms with Gasteiger partial charge in [-0.15, -0.1) is 11.3 Å². The Hall–Kier alpha value is -2.02. The van der Waals surface area contributed by atoms with Crippen LogP contribution in [0.2, 0.25) is 0 Å². The predicted molar refractivity (Wildman–Crippen MR) is 110 cm³/mol. The zero-order chi connectivity index (χ0) is 19.2. The summed E-state index contributed by atoms with van der Waals surface area (Å²) in [5.74, 6) is 0.724. The summed E-state index contributed by atoms with van der Waals surface area (Å²) in [6.45, 7) is 11.3. The first kappa shape index (κ1) is 18.3. The fourth-order valence-electron chi connectivity index (χ4n) is 3.77. The van der Waals surface area contributed by atoms with Gasteiger partial charge in [0, 0.05) is 23.5 Å². The number of aryl methyl sites for hydroxylation is 2. The second kappa shape index (κ2) is 6.86. The van der Waals surface area contributed by atoms with E-state index in [1.807, 2.05) is 0 Å². The van der Waals surface area contributed by atoms with Crippen LogP contribution in [0.3, 0.4) is 0 Å². The van der Waals surface area contributed by atoms with Gasteiger partial charge in [-0.25, -0.2) is 4.98 Å². The van der Waals surface area contributed by atoms with E-state index in [1.165, 1.54) is 5.56 Å². The lowest BCUT2D eigenvalue weighted by Crippen LogP contribution is -2.48. The quantitative estimate of drug-likeness (QED) is 0.746. The predicted octanol–water partition coefficient (Wildman–Crippen LogP) is 3.88. The minimum atomic E-state index is -0.166. The van der Waals surface area contributed by atoms with Crippen LogP contribution in [0.15, 0.2) is 29.1 Å². The van der Waals surface area contributed by atoms with Crippen LogP contribution < -0.4 is 5.56 Å². The van der Waals surface area contributed by atoms with Crippen molar-refractivity contribution < 1.29 is 4.74 Å². The second-order valence-corrected chi connectivity index (χ2v) is 9.11. The molecule has 1 fully saturated rings. The molecule has 1 N–H and O–H groups in total. The van der Waals surface area contributed by atoms with Gasteiger partial charge < -0.3 is 9.72 Å². The molecule has 27 heavy (non-hydrogen) atoms. The van der Waals surface area contributed by atoms with Gasteiger partial charge in [0.1, 0.15) is 10.7 Å². The SMILES string of the molecule is Cc1ccc(-c2c(C)sc3nc(CN4CCOC(C)(C)C4)[nH]c(=O)c23)cc1. The molecular formula is C21H25N3O2S. The number of morpholine rings is 1. The first-order valence-electron chi connectivity index (χ1n) is 9.28. The van der Waals surface area contributed by atoms with E-state index < -0.39 is 0 Å². The first-order valence-corrected chi connectivity index (χ1v) is 10.1. The third-order valence-corrected chi connectivity index (χ3v) is 6.00. The molecule has 1 aliphatic heterocycles. The van der Waals surface area contributed by atoms with Gasteiger partial charge >= 0.3 is 0 Å². The van der Waals surface area contributed by atoms with Crippen LogP contribution in [0.1, 0.15) is 30.1 Å². The molecule has 1 aromatic carbocycles. The lowest BCUT2D eigenvalue weighted by Gasteiger charge is -2.37. The van der Waals surface area contributed by atoms with Crippen molar-refractivity contribution >= 4 is 21.6 Å². The van der Waals surface area contributed by atoms with Crippen LogP contribution in [0.25, 0.3) is 21.3 Å². The van der Waals surface area contributed by atoms with Crippen molar-refractivity contribution in [1.82, 2.24) is 14.9 Å². The van der Waals surface area contributed by atoms with Gasteiger partial charge in [0.2, 0.25) is 0 Å². The van der Waals surface area contributed by atoms with Crippen LogP contribution >= 0.6 is 11.3 Å². The number of ether oxygens (including phenoxy) is 1. The number of hydrogen-bond acceptors (Lipinski definition) is 5. The molecule has 142 valence electrons. The van der Waals surface area contributed by atoms with Crippen molar-refractivity contribution in [2.24, 2.45) is 0 Å². The molecule has 1 aliphatic rings. The minimum absolute atomic E-state index is 0.0533. The van der Waals surface area contributed by atoms with Crippen LogP contribution in [0, 0.1) is 13.8 Å². The summed E-state index contributed by atoms with van der Waals surface area (Å²) >= 11 is 1.59. The van der Waals surface area contributed by atoms with E-state index >= 15 is 0 Å². The smallest absolute Gasteiger partial charge is 0.260 e. The van der Waals surface area contributed by atoms with Crippen molar-refractivity contribution in [3.05, 3.63) is 50.9 Å². The molecule has 3 aromatic rings. The van der Waals surface area contributed by atoms with E-state index in [9.17, 15) is 4.79 Å². The van der Waals surface area contributed by atoms with E-state index in [0.29, 0.717) is 18.5 Å². The summed E-state index contributed by atoms with van der Waals surface area (Å²) in [4.78, 5) is 24.9. The molecule has 5 nitrogen and oxygen atoms in total. The standard InChI is InChI=1S/C21H25N3O2S/c1-13-5-7-15(8-6-13)17-14(2)27-20-18(17)19(25)22-16(23-20)11-24-9-10-26-21(3,4)12-24/h5-8H,9-12H2,1-4H3,(H,22,23,25). The van der Waals surface area contributed by atoms with Crippen LogP contribution in [0.5, 0.6) is 0 Å². The number of hydrogen-bond donors (Lipinski definition) is 1. The Morgan fingerprint density at radius 3 is 2.70 bits per heavy atom. The van der Waals surface area contributed by atoms with E-state index in [4.69, 9.17) is 9.72 Å². The van der Waals surface area contributed by atoms with E-state index in [0.717, 1.165) is 39.7 Å². The maximum Gasteiger partial charge on any atom is 0.260 e. The van der Waals surface area contributed by atoms with E-state index in [2.05, 4.69) is 61.8 Å². The molecule has 0 atom stereocenters. The average Bonchev–Trinajstić information content (AvgIpc) is 2.91. The van der Waals surface area contributed by atoms with Crippen LogP contribution in [-0.4, -0.2) is 40.2 Å². The molecular weight excluding hydrogens is 358 g/mol. The summed E-state index contributed by atoms with van der Waals surface area (Å²) < 4.78 is 5.77. The van der Waals surface area contributed by atoms with Crippen LogP contribution in [0.4, 0.5) is 0 Å². The van der Waals surface area contributed by atoms with Gasteiger partial charge in [-0.05, 0) is 33.3 Å². The molecule has 0 spiro atoms. The Labute approximate surface area is 163 Å². The fourth-order valence-corrected chi connectivity index (χ4v) is 4.83. The van der Waals surface area contributed by atoms with Crippen LogP contribution in [-0.2, 0) is 11.3 Å². The largest absolute Gasteiger partial charge is 0.373 e. The highest BCUT2D eigenvalue weighted by molar-refractivity contribution is 7.19. The Morgan fingerprint density at radius 1 is 1.26 bits per heavy atom.